The zero-order valence-electron chi connectivity index (χ0n) is 16.7. The largest absolute Gasteiger partial charge is 0.488 e. The Labute approximate surface area is 169 Å². The van der Waals surface area contributed by atoms with Gasteiger partial charge in [-0.05, 0) is 25.5 Å². The second kappa shape index (κ2) is 10.2. The van der Waals surface area contributed by atoms with Crippen LogP contribution in [0.5, 0.6) is 5.75 Å². The van der Waals surface area contributed by atoms with Gasteiger partial charge in [0.15, 0.2) is 5.96 Å². The number of imidazole rings is 1. The van der Waals surface area contributed by atoms with Gasteiger partial charge in [0.2, 0.25) is 0 Å². The van der Waals surface area contributed by atoms with Gasteiger partial charge in [-0.3, -0.25) is 4.57 Å². The molecule has 1 saturated heterocycles. The van der Waals surface area contributed by atoms with Crippen molar-refractivity contribution >= 4 is 5.96 Å². The van der Waals surface area contributed by atoms with Gasteiger partial charge >= 0.3 is 6.55 Å². The van der Waals surface area contributed by atoms with Crippen molar-refractivity contribution in [1.29, 1.82) is 0 Å². The lowest BCUT2D eigenvalue weighted by Crippen LogP contribution is -2.37. The molecular weight excluding hydrogens is 380 g/mol. The third-order valence-corrected chi connectivity index (χ3v) is 4.53. The number of hydrogen-bond donors (Lipinski definition) is 2. The van der Waals surface area contributed by atoms with E-state index in [2.05, 4.69) is 20.6 Å². The molecule has 0 bridgehead atoms. The van der Waals surface area contributed by atoms with Gasteiger partial charge in [-0.25, -0.2) is 9.98 Å². The van der Waals surface area contributed by atoms with Gasteiger partial charge < -0.3 is 20.1 Å². The summed E-state index contributed by atoms with van der Waals surface area (Å²) in [6.07, 6.45) is 3.54. The van der Waals surface area contributed by atoms with E-state index in [4.69, 9.17) is 9.47 Å². The first-order chi connectivity index (χ1) is 14.1. The standard InChI is InChI=1S/C20H27F2N5O2/c1-3-23-20(26-12-18-24-7-8-27(18)19(21)22)25-11-15-5-4-14(2)10-17(15)29-16-6-9-28-13-16/h4-5,7-8,10,16,19H,3,6,9,11-13H2,1-2H3,(H2,23,25,26). The Kier molecular flexibility index (Phi) is 7.40. The fourth-order valence-corrected chi connectivity index (χ4v) is 3.01. The Bertz CT molecular complexity index is 819. The predicted molar refractivity (Wildman–Crippen MR) is 106 cm³/mol. The SMILES string of the molecule is CCNC(=NCc1ccc(C)cc1OC1CCOC1)NCc1nccn1C(F)F. The molecule has 1 unspecified atom stereocenters. The van der Waals surface area contributed by atoms with Gasteiger partial charge in [0, 0.05) is 30.9 Å². The summed E-state index contributed by atoms with van der Waals surface area (Å²) in [7, 11) is 0. The number of aryl methyl sites for hydroxylation is 1. The first kappa shape index (κ1) is 21.0. The lowest BCUT2D eigenvalue weighted by atomic mass is 10.1. The fourth-order valence-electron chi connectivity index (χ4n) is 3.01. The van der Waals surface area contributed by atoms with E-state index in [1.807, 2.05) is 32.0 Å². The summed E-state index contributed by atoms with van der Waals surface area (Å²) < 4.78 is 38.3. The van der Waals surface area contributed by atoms with Crippen LogP contribution in [-0.4, -0.2) is 41.4 Å². The maximum atomic E-state index is 13.0. The van der Waals surface area contributed by atoms with Crippen LogP contribution in [0.15, 0.2) is 35.6 Å². The third-order valence-electron chi connectivity index (χ3n) is 4.53. The van der Waals surface area contributed by atoms with E-state index >= 15 is 0 Å². The number of aromatic nitrogens is 2. The number of aliphatic imine (C=N–C) groups is 1. The molecule has 2 aromatic rings. The highest BCUT2D eigenvalue weighted by Crippen LogP contribution is 2.24. The molecule has 1 aliphatic heterocycles. The normalized spacial score (nSPS) is 17.0. The molecule has 1 aliphatic rings. The maximum absolute atomic E-state index is 13.0. The van der Waals surface area contributed by atoms with Crippen LogP contribution in [0.3, 0.4) is 0 Å². The second-order valence-corrected chi connectivity index (χ2v) is 6.79. The number of benzene rings is 1. The molecule has 0 spiro atoms. The minimum absolute atomic E-state index is 0.0547. The lowest BCUT2D eigenvalue weighted by Gasteiger charge is -2.16. The third kappa shape index (κ3) is 5.90. The summed E-state index contributed by atoms with van der Waals surface area (Å²) in [5.41, 5.74) is 2.06. The highest BCUT2D eigenvalue weighted by atomic mass is 19.3. The van der Waals surface area contributed by atoms with E-state index in [0.717, 1.165) is 27.9 Å². The number of rotatable bonds is 8. The Morgan fingerprint density at radius 1 is 1.41 bits per heavy atom. The molecule has 0 radical (unpaired) electrons. The van der Waals surface area contributed by atoms with Crippen LogP contribution < -0.4 is 15.4 Å². The van der Waals surface area contributed by atoms with Gasteiger partial charge in [0.1, 0.15) is 17.7 Å². The van der Waals surface area contributed by atoms with Gasteiger partial charge in [0.25, 0.3) is 0 Å². The van der Waals surface area contributed by atoms with Crippen LogP contribution in [0, 0.1) is 6.92 Å². The average molecular weight is 407 g/mol. The van der Waals surface area contributed by atoms with Gasteiger partial charge in [-0.2, -0.15) is 8.78 Å². The molecule has 1 aromatic carbocycles. The Balaban J connectivity index is 1.68. The van der Waals surface area contributed by atoms with Crippen molar-refractivity contribution in [3.63, 3.8) is 0 Å². The molecule has 3 rings (SSSR count). The highest BCUT2D eigenvalue weighted by Gasteiger charge is 2.19. The van der Waals surface area contributed by atoms with Gasteiger partial charge in [-0.15, -0.1) is 0 Å². The zero-order chi connectivity index (χ0) is 20.6. The van der Waals surface area contributed by atoms with Crippen molar-refractivity contribution in [1.82, 2.24) is 20.2 Å². The van der Waals surface area contributed by atoms with Crippen LogP contribution in [0.2, 0.25) is 0 Å². The monoisotopic (exact) mass is 407 g/mol. The molecule has 0 amide bonds. The lowest BCUT2D eigenvalue weighted by molar-refractivity contribution is 0.0668. The number of nitrogens with zero attached hydrogens (tertiary/aromatic N) is 3. The minimum Gasteiger partial charge on any atom is -0.488 e. The van der Waals surface area contributed by atoms with Crippen molar-refractivity contribution in [3.8, 4) is 5.75 Å². The zero-order valence-corrected chi connectivity index (χ0v) is 16.7. The van der Waals surface area contributed by atoms with Crippen molar-refractivity contribution in [2.75, 3.05) is 19.8 Å². The number of alkyl halides is 2. The number of guanidine groups is 1. The van der Waals surface area contributed by atoms with E-state index in [0.29, 0.717) is 32.3 Å². The second-order valence-electron chi connectivity index (χ2n) is 6.79. The van der Waals surface area contributed by atoms with E-state index in [1.165, 1.54) is 12.4 Å². The summed E-state index contributed by atoms with van der Waals surface area (Å²) in [5.74, 6) is 1.56. The Morgan fingerprint density at radius 3 is 3.00 bits per heavy atom. The fraction of sp³-hybridized carbons (Fsp3) is 0.500. The van der Waals surface area contributed by atoms with E-state index in [-0.39, 0.29) is 18.5 Å². The topological polar surface area (TPSA) is 72.7 Å². The van der Waals surface area contributed by atoms with E-state index in [9.17, 15) is 8.78 Å². The summed E-state index contributed by atoms with van der Waals surface area (Å²) in [5, 5.41) is 6.18. The molecule has 158 valence electrons. The van der Waals surface area contributed by atoms with Crippen LogP contribution in [0.4, 0.5) is 8.78 Å². The molecular formula is C20H27F2N5O2. The molecule has 0 aliphatic carbocycles. The minimum atomic E-state index is -2.62. The molecule has 1 fully saturated rings. The van der Waals surface area contributed by atoms with Crippen molar-refractivity contribution in [2.24, 2.45) is 4.99 Å². The van der Waals surface area contributed by atoms with Crippen LogP contribution in [-0.2, 0) is 17.8 Å². The van der Waals surface area contributed by atoms with E-state index < -0.39 is 6.55 Å². The quantitative estimate of drug-likeness (QED) is 0.520. The number of halogens is 2. The van der Waals surface area contributed by atoms with Crippen molar-refractivity contribution in [2.45, 2.75) is 46.0 Å². The first-order valence-electron chi connectivity index (χ1n) is 9.72. The predicted octanol–water partition coefficient (Wildman–Crippen LogP) is 3.01. The number of hydrogen-bond acceptors (Lipinski definition) is 4. The molecule has 2 heterocycles. The molecule has 7 nitrogen and oxygen atoms in total. The van der Waals surface area contributed by atoms with Crippen LogP contribution in [0.1, 0.15) is 36.8 Å². The van der Waals surface area contributed by atoms with Crippen LogP contribution in [0.25, 0.3) is 0 Å². The average Bonchev–Trinajstić information content (AvgIpc) is 3.37. The summed E-state index contributed by atoms with van der Waals surface area (Å²) in [4.78, 5) is 8.56. The summed E-state index contributed by atoms with van der Waals surface area (Å²) >= 11 is 0. The van der Waals surface area contributed by atoms with E-state index in [1.54, 1.807) is 0 Å². The van der Waals surface area contributed by atoms with Gasteiger partial charge in [-0.1, -0.05) is 12.1 Å². The summed E-state index contributed by atoms with van der Waals surface area (Å²) in [6, 6.07) is 6.02. The molecule has 2 N–H and O–H groups in total. The van der Waals surface area contributed by atoms with Crippen molar-refractivity contribution < 1.29 is 18.3 Å². The van der Waals surface area contributed by atoms with Crippen LogP contribution >= 0.6 is 0 Å². The molecule has 0 saturated carbocycles. The van der Waals surface area contributed by atoms with Crippen molar-refractivity contribution in [3.05, 3.63) is 47.5 Å². The molecule has 9 heteroatoms. The highest BCUT2D eigenvalue weighted by molar-refractivity contribution is 5.79. The molecule has 29 heavy (non-hydrogen) atoms. The molecule has 1 atom stereocenters. The maximum Gasteiger partial charge on any atom is 0.319 e. The smallest absolute Gasteiger partial charge is 0.319 e. The Hall–Kier alpha value is -2.68. The Morgan fingerprint density at radius 2 is 2.28 bits per heavy atom. The number of nitrogens with one attached hydrogen (secondary N) is 2. The summed E-state index contributed by atoms with van der Waals surface area (Å²) in [6.45, 7) is 3.82. The van der Waals surface area contributed by atoms with Gasteiger partial charge in [0.05, 0.1) is 26.3 Å². The number of ether oxygens (including phenoxy) is 2. The molecule has 1 aromatic heterocycles. The first-order valence-corrected chi connectivity index (χ1v) is 9.72.